The smallest absolute Gasteiger partial charge is 0.212 e. The molecule has 3 aromatic carbocycles. The van der Waals surface area contributed by atoms with Crippen molar-refractivity contribution in [2.75, 3.05) is 5.32 Å². The van der Waals surface area contributed by atoms with Gasteiger partial charge in [-0.2, -0.15) is 0 Å². The van der Waals surface area contributed by atoms with Crippen LogP contribution in [-0.2, 0) is 6.61 Å². The topological polar surface area (TPSA) is 77.5 Å². The fourth-order valence-electron chi connectivity index (χ4n) is 3.42. The van der Waals surface area contributed by atoms with E-state index in [2.05, 4.69) is 19.9 Å². The van der Waals surface area contributed by atoms with Gasteiger partial charge in [0.1, 0.15) is 12.4 Å². The van der Waals surface area contributed by atoms with E-state index in [4.69, 9.17) is 10.5 Å². The minimum absolute atomic E-state index is 0.271. The summed E-state index contributed by atoms with van der Waals surface area (Å²) >= 11 is 0. The van der Waals surface area contributed by atoms with Gasteiger partial charge < -0.3 is 10.5 Å². The highest BCUT2D eigenvalue weighted by Crippen LogP contribution is 2.32. The van der Waals surface area contributed by atoms with Gasteiger partial charge in [0.2, 0.25) is 5.95 Å². The molecule has 0 aliphatic carbocycles. The van der Waals surface area contributed by atoms with E-state index in [9.17, 15) is 0 Å². The Morgan fingerprint density at radius 3 is 2.50 bits per heavy atom. The summed E-state index contributed by atoms with van der Waals surface area (Å²) in [5.41, 5.74) is 10.1. The van der Waals surface area contributed by atoms with E-state index < -0.39 is 0 Å². The number of guanidine groups is 1. The van der Waals surface area contributed by atoms with Gasteiger partial charge in [0.15, 0.2) is 12.1 Å². The molecule has 1 aromatic heterocycles. The van der Waals surface area contributed by atoms with Gasteiger partial charge in [-0.05, 0) is 35.4 Å². The molecule has 1 atom stereocenters. The van der Waals surface area contributed by atoms with Crippen molar-refractivity contribution in [3.8, 4) is 5.75 Å². The van der Waals surface area contributed by atoms with E-state index in [1.807, 2.05) is 78.9 Å². The first kappa shape index (κ1) is 16.4. The maximum Gasteiger partial charge on any atom is 0.212 e. The number of hydrogen-bond donors (Lipinski definition) is 2. The van der Waals surface area contributed by atoms with Crippen LogP contribution in [0.5, 0.6) is 5.75 Å². The van der Waals surface area contributed by atoms with Gasteiger partial charge in [0.05, 0.1) is 11.0 Å². The molecule has 0 spiro atoms. The summed E-state index contributed by atoms with van der Waals surface area (Å²) < 4.78 is 7.95. The Hall–Kier alpha value is -3.80. The predicted molar refractivity (Wildman–Crippen MR) is 110 cm³/mol. The van der Waals surface area contributed by atoms with Crippen molar-refractivity contribution in [2.24, 2.45) is 10.7 Å². The molecule has 138 valence electrons. The Bertz CT molecular complexity index is 1150. The molecule has 0 unspecified atom stereocenters. The highest BCUT2D eigenvalue weighted by Gasteiger charge is 2.24. The lowest BCUT2D eigenvalue weighted by molar-refractivity contribution is 0.306. The van der Waals surface area contributed by atoms with Crippen molar-refractivity contribution >= 4 is 22.9 Å². The average molecular weight is 369 g/mol. The molecule has 0 bridgehead atoms. The van der Waals surface area contributed by atoms with Crippen LogP contribution in [0.1, 0.15) is 17.3 Å². The second-order valence-electron chi connectivity index (χ2n) is 6.65. The van der Waals surface area contributed by atoms with Crippen LogP contribution in [0.2, 0.25) is 0 Å². The van der Waals surface area contributed by atoms with Crippen LogP contribution < -0.4 is 15.8 Å². The average Bonchev–Trinajstić information content (AvgIpc) is 3.11. The highest BCUT2D eigenvalue weighted by molar-refractivity contribution is 5.94. The molecule has 1 aliphatic heterocycles. The zero-order valence-electron chi connectivity index (χ0n) is 15.1. The van der Waals surface area contributed by atoms with Gasteiger partial charge in [0.25, 0.3) is 0 Å². The highest BCUT2D eigenvalue weighted by atomic mass is 16.5. The van der Waals surface area contributed by atoms with Gasteiger partial charge in [0, 0.05) is 0 Å². The summed E-state index contributed by atoms with van der Waals surface area (Å²) in [5.74, 6) is 1.87. The maximum atomic E-state index is 6.00. The molecular weight excluding hydrogens is 350 g/mol. The minimum atomic E-state index is -0.271. The molecule has 0 saturated heterocycles. The quantitative estimate of drug-likeness (QED) is 0.572. The number of rotatable bonds is 4. The monoisotopic (exact) mass is 369 g/mol. The third kappa shape index (κ3) is 2.95. The van der Waals surface area contributed by atoms with Crippen molar-refractivity contribution in [3.63, 3.8) is 0 Å². The molecule has 0 saturated carbocycles. The van der Waals surface area contributed by atoms with Crippen molar-refractivity contribution in [1.29, 1.82) is 0 Å². The Balaban J connectivity index is 1.44. The molecule has 5 rings (SSSR count). The zero-order chi connectivity index (χ0) is 18.9. The number of nitrogens with one attached hydrogen (secondary N) is 1. The predicted octanol–water partition coefficient (Wildman–Crippen LogP) is 3.90. The molecular formula is C22H19N5O. The molecule has 2 heterocycles. The largest absolute Gasteiger partial charge is 0.489 e. The molecule has 6 nitrogen and oxygen atoms in total. The number of ether oxygens (including phenoxy) is 1. The number of para-hydroxylation sites is 2. The lowest BCUT2D eigenvalue weighted by Gasteiger charge is -2.24. The van der Waals surface area contributed by atoms with E-state index >= 15 is 0 Å². The number of aliphatic imine (C=N–C) groups is 1. The second-order valence-corrected chi connectivity index (χ2v) is 6.65. The Morgan fingerprint density at radius 1 is 0.929 bits per heavy atom. The number of fused-ring (bicyclic) bond motifs is 3. The van der Waals surface area contributed by atoms with Crippen LogP contribution in [-0.4, -0.2) is 15.5 Å². The van der Waals surface area contributed by atoms with Crippen molar-refractivity contribution in [1.82, 2.24) is 9.55 Å². The number of anilines is 1. The first-order chi connectivity index (χ1) is 13.8. The molecule has 0 fully saturated rings. The summed E-state index contributed by atoms with van der Waals surface area (Å²) in [6.45, 7) is 0.537. The van der Waals surface area contributed by atoms with E-state index in [1.54, 1.807) is 0 Å². The van der Waals surface area contributed by atoms with Crippen LogP contribution in [0, 0.1) is 0 Å². The van der Waals surface area contributed by atoms with E-state index in [0.717, 1.165) is 27.9 Å². The van der Waals surface area contributed by atoms with Gasteiger partial charge in [-0.3, -0.25) is 9.88 Å². The molecule has 1 aliphatic rings. The number of aromatic nitrogens is 2. The third-order valence-corrected chi connectivity index (χ3v) is 4.77. The van der Waals surface area contributed by atoms with Crippen molar-refractivity contribution in [3.05, 3.63) is 90.0 Å². The van der Waals surface area contributed by atoms with E-state index in [-0.39, 0.29) is 6.17 Å². The number of imidazole rings is 1. The molecule has 3 N–H and O–H groups in total. The molecule has 28 heavy (non-hydrogen) atoms. The number of benzene rings is 3. The third-order valence-electron chi connectivity index (χ3n) is 4.77. The Morgan fingerprint density at radius 2 is 1.68 bits per heavy atom. The Labute approximate surface area is 162 Å². The summed E-state index contributed by atoms with van der Waals surface area (Å²) in [6, 6.07) is 26.1. The van der Waals surface area contributed by atoms with Gasteiger partial charge in [-0.15, -0.1) is 0 Å². The van der Waals surface area contributed by atoms with E-state index in [1.165, 1.54) is 0 Å². The van der Waals surface area contributed by atoms with Gasteiger partial charge >= 0.3 is 0 Å². The fourth-order valence-corrected chi connectivity index (χ4v) is 3.42. The number of nitrogens with zero attached hydrogens (tertiary/aromatic N) is 3. The fraction of sp³-hybridized carbons (Fsp3) is 0.0909. The SMILES string of the molecule is NC1=N[C@H](c2ccc(OCc3ccccc3)cc2)n2c(nc3ccccc32)N1. The number of hydrogen-bond acceptors (Lipinski definition) is 5. The lowest BCUT2D eigenvalue weighted by atomic mass is 10.1. The van der Waals surface area contributed by atoms with Crippen molar-refractivity contribution in [2.45, 2.75) is 12.8 Å². The summed E-state index contributed by atoms with van der Waals surface area (Å²) in [4.78, 5) is 9.23. The summed E-state index contributed by atoms with van der Waals surface area (Å²) in [7, 11) is 0. The standard InChI is InChI=1S/C22H19N5O/c23-21-25-20(27-19-9-5-4-8-18(19)24-22(27)26-21)16-10-12-17(13-11-16)28-14-15-6-2-1-3-7-15/h1-13,20H,14H2,(H3,23,24,25,26)/t20-/m0/s1. The Kier molecular flexibility index (Phi) is 3.94. The molecule has 0 amide bonds. The van der Waals surface area contributed by atoms with Crippen LogP contribution >= 0.6 is 0 Å². The lowest BCUT2D eigenvalue weighted by Crippen LogP contribution is -2.31. The van der Waals surface area contributed by atoms with Crippen LogP contribution in [0.15, 0.2) is 83.9 Å². The van der Waals surface area contributed by atoms with Gasteiger partial charge in [-0.1, -0.05) is 54.6 Å². The molecule has 4 aromatic rings. The second kappa shape index (κ2) is 6.74. The molecule has 0 radical (unpaired) electrons. The van der Waals surface area contributed by atoms with Crippen LogP contribution in [0.25, 0.3) is 11.0 Å². The van der Waals surface area contributed by atoms with Crippen molar-refractivity contribution < 1.29 is 4.74 Å². The molecule has 6 heteroatoms. The minimum Gasteiger partial charge on any atom is -0.489 e. The van der Waals surface area contributed by atoms with Gasteiger partial charge in [-0.25, -0.2) is 9.98 Å². The number of nitrogens with two attached hydrogens (primary N) is 1. The summed E-state index contributed by atoms with van der Waals surface area (Å²) in [5, 5.41) is 3.05. The first-order valence-electron chi connectivity index (χ1n) is 9.12. The van der Waals surface area contributed by atoms with E-state index in [0.29, 0.717) is 18.5 Å². The maximum absolute atomic E-state index is 6.00. The summed E-state index contributed by atoms with van der Waals surface area (Å²) in [6.07, 6.45) is -0.271. The zero-order valence-corrected chi connectivity index (χ0v) is 15.1. The van der Waals surface area contributed by atoms with Crippen LogP contribution in [0.3, 0.4) is 0 Å². The normalized spacial score (nSPS) is 15.6. The first-order valence-corrected chi connectivity index (χ1v) is 9.12. The van der Waals surface area contributed by atoms with Crippen LogP contribution in [0.4, 0.5) is 5.95 Å².